The van der Waals surface area contributed by atoms with E-state index in [1.807, 2.05) is 31.3 Å². The van der Waals surface area contributed by atoms with Crippen molar-refractivity contribution in [1.29, 1.82) is 0 Å². The van der Waals surface area contributed by atoms with Gasteiger partial charge in [0.15, 0.2) is 11.5 Å². The summed E-state index contributed by atoms with van der Waals surface area (Å²) in [5.41, 5.74) is 2.26. The van der Waals surface area contributed by atoms with Crippen molar-refractivity contribution in [3.05, 3.63) is 58.7 Å². The number of benzene rings is 2. The Bertz CT molecular complexity index is 984. The molecule has 0 radical (unpaired) electrons. The van der Waals surface area contributed by atoms with Crippen LogP contribution in [0.25, 0.3) is 0 Å². The fourth-order valence-corrected chi connectivity index (χ4v) is 4.72. The van der Waals surface area contributed by atoms with E-state index in [0.29, 0.717) is 35.9 Å². The maximum Gasteiger partial charge on any atom is 0.251 e. The van der Waals surface area contributed by atoms with Crippen molar-refractivity contribution >= 4 is 11.9 Å². The number of nitrogens with one attached hydrogen (secondary N) is 2. The van der Waals surface area contributed by atoms with Crippen LogP contribution in [-0.2, 0) is 13.1 Å². The lowest BCUT2D eigenvalue weighted by Gasteiger charge is -2.22. The molecular formula is C25H30N2O5. The molecule has 1 heterocycles. The number of quaternary nitrogens is 1. The maximum atomic E-state index is 12.9. The fraction of sp³-hybridized carbons (Fsp3) is 0.440. The van der Waals surface area contributed by atoms with E-state index in [1.54, 1.807) is 12.1 Å². The van der Waals surface area contributed by atoms with Crippen LogP contribution in [0, 0.1) is 5.92 Å². The predicted octanol–water partition coefficient (Wildman–Crippen LogP) is 1.30. The topological polar surface area (TPSA) is 92.1 Å². The van der Waals surface area contributed by atoms with Crippen molar-refractivity contribution in [3.8, 4) is 11.5 Å². The molecule has 0 spiro atoms. The molecule has 1 fully saturated rings. The minimum atomic E-state index is -1.28. The summed E-state index contributed by atoms with van der Waals surface area (Å²) in [4.78, 5) is 25.7. The third-order valence-electron chi connectivity index (χ3n) is 6.35. The summed E-state index contributed by atoms with van der Waals surface area (Å²) in [5.74, 6) is -0.0966. The van der Waals surface area contributed by atoms with E-state index in [4.69, 9.17) is 9.47 Å². The van der Waals surface area contributed by atoms with Gasteiger partial charge in [0.25, 0.3) is 5.91 Å². The minimum absolute atomic E-state index is 0.00507. The van der Waals surface area contributed by atoms with Crippen molar-refractivity contribution in [2.24, 2.45) is 5.92 Å². The van der Waals surface area contributed by atoms with Crippen LogP contribution in [0.5, 0.6) is 11.5 Å². The molecule has 2 aliphatic rings. The first-order chi connectivity index (χ1) is 15.5. The molecule has 7 heteroatoms. The number of hydrogen-bond donors (Lipinski definition) is 2. The van der Waals surface area contributed by atoms with E-state index < -0.39 is 5.97 Å². The second kappa shape index (κ2) is 10.0. The minimum Gasteiger partial charge on any atom is -0.545 e. The van der Waals surface area contributed by atoms with Crippen LogP contribution in [0.4, 0.5) is 0 Å². The van der Waals surface area contributed by atoms with Gasteiger partial charge in [0.05, 0.1) is 18.6 Å². The number of carbonyl (C=O) groups is 2. The Morgan fingerprint density at radius 2 is 1.78 bits per heavy atom. The lowest BCUT2D eigenvalue weighted by Crippen LogP contribution is -3.06. The van der Waals surface area contributed by atoms with Crippen LogP contribution in [0.2, 0.25) is 0 Å². The van der Waals surface area contributed by atoms with Crippen molar-refractivity contribution in [3.63, 3.8) is 0 Å². The number of hydrogen-bond acceptors (Lipinski definition) is 5. The quantitative estimate of drug-likeness (QED) is 0.648. The van der Waals surface area contributed by atoms with Crippen LogP contribution in [0.15, 0.2) is 36.4 Å². The summed E-state index contributed by atoms with van der Waals surface area (Å²) in [6.45, 7) is 1.75. The van der Waals surface area contributed by atoms with Gasteiger partial charge < -0.3 is 29.6 Å². The largest absolute Gasteiger partial charge is 0.545 e. The van der Waals surface area contributed by atoms with E-state index in [9.17, 15) is 14.7 Å². The summed E-state index contributed by atoms with van der Waals surface area (Å²) in [7, 11) is 1.97. The molecular weight excluding hydrogens is 408 g/mol. The number of fused-ring (bicyclic) bond motifs is 1. The molecule has 0 saturated heterocycles. The molecule has 2 aromatic carbocycles. The van der Waals surface area contributed by atoms with Crippen molar-refractivity contribution in [2.45, 2.75) is 45.2 Å². The SMILES string of the molecule is C[NH+](Cc1ccccc1C(=O)NCC1CCCCC1)Cc1ccc2c(c1C(=O)[O-])OCO2. The lowest BCUT2D eigenvalue weighted by atomic mass is 9.89. The molecule has 4 rings (SSSR count). The molecule has 7 nitrogen and oxygen atoms in total. The summed E-state index contributed by atoms with van der Waals surface area (Å²) < 4.78 is 10.6. The standard InChI is InChI=1S/C25H30N2O5/c1-27(15-19-11-12-21-23(32-16-31-21)22(19)25(29)30)14-18-9-5-6-10-20(18)24(28)26-13-17-7-3-2-4-8-17/h5-6,9-12,17H,2-4,7-8,13-16H2,1H3,(H,26,28)(H,29,30). The highest BCUT2D eigenvalue weighted by atomic mass is 16.7. The van der Waals surface area contributed by atoms with Crippen molar-refractivity contribution < 1.29 is 29.1 Å². The van der Waals surface area contributed by atoms with Gasteiger partial charge in [0.1, 0.15) is 13.1 Å². The maximum absolute atomic E-state index is 12.9. The Hall–Kier alpha value is -3.06. The number of carboxylic acids is 1. The van der Waals surface area contributed by atoms with Gasteiger partial charge in [-0.2, -0.15) is 0 Å². The average Bonchev–Trinajstić information content (AvgIpc) is 3.27. The first kappa shape index (κ1) is 22.1. The van der Waals surface area contributed by atoms with Gasteiger partial charge in [-0.1, -0.05) is 37.5 Å². The highest BCUT2D eigenvalue weighted by Gasteiger charge is 2.24. The Morgan fingerprint density at radius 1 is 1.03 bits per heavy atom. The molecule has 1 unspecified atom stereocenters. The molecule has 32 heavy (non-hydrogen) atoms. The molecule has 1 aliphatic heterocycles. The Balaban J connectivity index is 1.43. The summed E-state index contributed by atoms with van der Waals surface area (Å²) in [6.07, 6.45) is 6.17. The summed E-state index contributed by atoms with van der Waals surface area (Å²) >= 11 is 0. The van der Waals surface area contributed by atoms with E-state index >= 15 is 0 Å². The van der Waals surface area contributed by atoms with Crippen LogP contribution >= 0.6 is 0 Å². The Kier molecular flexibility index (Phi) is 6.95. The van der Waals surface area contributed by atoms with Gasteiger partial charge in [0.2, 0.25) is 6.79 Å². The Morgan fingerprint density at radius 3 is 2.56 bits per heavy atom. The van der Waals surface area contributed by atoms with Gasteiger partial charge >= 0.3 is 0 Å². The smallest absolute Gasteiger partial charge is 0.251 e. The van der Waals surface area contributed by atoms with Crippen LogP contribution in [-0.4, -0.2) is 32.3 Å². The highest BCUT2D eigenvalue weighted by Crippen LogP contribution is 2.37. The number of amides is 1. The summed E-state index contributed by atoms with van der Waals surface area (Å²) in [6, 6.07) is 11.1. The monoisotopic (exact) mass is 438 g/mol. The second-order valence-electron chi connectivity index (χ2n) is 8.80. The van der Waals surface area contributed by atoms with E-state index in [2.05, 4.69) is 5.32 Å². The highest BCUT2D eigenvalue weighted by molar-refractivity contribution is 5.95. The van der Waals surface area contributed by atoms with Gasteiger partial charge in [-0.15, -0.1) is 0 Å². The third-order valence-corrected chi connectivity index (χ3v) is 6.35. The van der Waals surface area contributed by atoms with Crippen LogP contribution in [0.3, 0.4) is 0 Å². The molecule has 170 valence electrons. The number of aromatic carboxylic acids is 1. The molecule has 1 atom stereocenters. The van der Waals surface area contributed by atoms with Crippen molar-refractivity contribution in [2.75, 3.05) is 20.4 Å². The predicted molar refractivity (Wildman–Crippen MR) is 117 cm³/mol. The van der Waals surface area contributed by atoms with Crippen LogP contribution in [0.1, 0.15) is 63.9 Å². The molecule has 1 aliphatic carbocycles. The normalized spacial score (nSPS) is 16.5. The summed E-state index contributed by atoms with van der Waals surface area (Å²) in [5, 5.41) is 14.9. The zero-order chi connectivity index (χ0) is 22.5. The molecule has 1 saturated carbocycles. The van der Waals surface area contributed by atoms with Gasteiger partial charge in [-0.05, 0) is 37.0 Å². The molecule has 1 amide bonds. The zero-order valence-electron chi connectivity index (χ0n) is 18.4. The zero-order valence-corrected chi connectivity index (χ0v) is 18.4. The first-order valence-corrected chi connectivity index (χ1v) is 11.3. The molecule has 2 aromatic rings. The average molecular weight is 439 g/mol. The number of carboxylic acid groups (broad SMARTS) is 1. The Labute approximate surface area is 188 Å². The van der Waals surface area contributed by atoms with Gasteiger partial charge in [0, 0.05) is 23.2 Å². The molecule has 0 aromatic heterocycles. The third kappa shape index (κ3) is 5.05. The van der Waals surface area contributed by atoms with Gasteiger partial charge in [-0.25, -0.2) is 0 Å². The first-order valence-electron chi connectivity index (χ1n) is 11.3. The van der Waals surface area contributed by atoms with Crippen molar-refractivity contribution in [1.82, 2.24) is 5.32 Å². The molecule has 2 N–H and O–H groups in total. The van der Waals surface area contributed by atoms with Gasteiger partial charge in [-0.3, -0.25) is 4.79 Å². The van der Waals surface area contributed by atoms with E-state index in [0.717, 1.165) is 17.0 Å². The van der Waals surface area contributed by atoms with E-state index in [1.165, 1.54) is 32.1 Å². The number of ether oxygens (including phenoxy) is 2. The lowest BCUT2D eigenvalue weighted by molar-refractivity contribution is -0.907. The fourth-order valence-electron chi connectivity index (χ4n) is 4.72. The molecule has 0 bridgehead atoms. The second-order valence-corrected chi connectivity index (χ2v) is 8.80. The van der Waals surface area contributed by atoms with Crippen LogP contribution < -0.4 is 24.8 Å². The number of carbonyl (C=O) groups excluding carboxylic acids is 2. The number of rotatable bonds is 8. The van der Waals surface area contributed by atoms with E-state index in [-0.39, 0.29) is 24.0 Å².